The Bertz CT molecular complexity index is 839. The highest BCUT2D eigenvalue weighted by atomic mass is 16.7. The van der Waals surface area contributed by atoms with E-state index in [1.165, 1.54) is 0 Å². The molecule has 2 saturated carbocycles. The number of hydrogen-bond donors (Lipinski definition) is 1. The van der Waals surface area contributed by atoms with Gasteiger partial charge in [-0.25, -0.2) is 0 Å². The normalized spacial score (nSPS) is 33.9. The van der Waals surface area contributed by atoms with Gasteiger partial charge in [-0.1, -0.05) is 51.5 Å². The molecule has 40 heavy (non-hydrogen) atoms. The zero-order valence-electron chi connectivity index (χ0n) is 20.4. The van der Waals surface area contributed by atoms with E-state index in [2.05, 4.69) is 0 Å². The van der Waals surface area contributed by atoms with E-state index in [1.807, 2.05) is 6.92 Å². The van der Waals surface area contributed by atoms with E-state index in [0.717, 1.165) is 25.7 Å². The van der Waals surface area contributed by atoms with Gasteiger partial charge in [0.2, 0.25) is 0 Å². The van der Waals surface area contributed by atoms with E-state index in [1.54, 1.807) is 21.0 Å². The van der Waals surface area contributed by atoms with E-state index >= 15 is 0 Å². The second kappa shape index (κ2) is 16.4. The van der Waals surface area contributed by atoms with Crippen LogP contribution in [0.2, 0.25) is 0 Å². The molecule has 2 bridgehead atoms. The average molecular weight is 577 g/mol. The van der Waals surface area contributed by atoms with Crippen molar-refractivity contribution < 1.29 is 43.2 Å². The molecule has 2 saturated heterocycles. The van der Waals surface area contributed by atoms with Crippen molar-refractivity contribution in [3.8, 4) is 0 Å². The van der Waals surface area contributed by atoms with E-state index in [4.69, 9.17) is 18.9 Å². The maximum atomic E-state index is 13.0. The van der Waals surface area contributed by atoms with Crippen molar-refractivity contribution in [2.45, 2.75) is 116 Å². The number of rotatable bonds is 8. The van der Waals surface area contributed by atoms with Crippen molar-refractivity contribution >= 4 is 23.9 Å². The van der Waals surface area contributed by atoms with Crippen LogP contribution in [-0.4, -0.2) is 55.1 Å². The summed E-state index contributed by atoms with van der Waals surface area (Å²) in [6.07, 6.45) is 3.41. The summed E-state index contributed by atoms with van der Waals surface area (Å²) in [5.41, 5.74) is -1.03. The van der Waals surface area contributed by atoms with Crippen LogP contribution in [0.4, 0.5) is 0 Å². The molecule has 4 rings (SSSR count). The summed E-state index contributed by atoms with van der Waals surface area (Å²) in [7, 11) is 1.58. The molecule has 0 spiro atoms. The van der Waals surface area contributed by atoms with Crippen LogP contribution >= 0.6 is 0 Å². The topological polar surface area (TPSA) is 125 Å². The number of esters is 3. The molecular weight excluding hydrogens is 516 g/mol. The van der Waals surface area contributed by atoms with E-state index in [0.29, 0.717) is 6.42 Å². The molecule has 238 valence electrons. The zero-order valence-corrected chi connectivity index (χ0v) is 20.4. The van der Waals surface area contributed by atoms with Crippen LogP contribution in [0.1, 0.15) is 104 Å². The molecule has 0 aromatic rings. The highest BCUT2D eigenvalue weighted by Gasteiger charge is 2.61. The van der Waals surface area contributed by atoms with Crippen LogP contribution in [0, 0.1) is 46.8 Å². The third kappa shape index (κ3) is 8.05. The quantitative estimate of drug-likeness (QED) is 0.251. The number of hydrogen-bond acceptors (Lipinski definition) is 8. The fourth-order valence-corrected chi connectivity index (χ4v) is 6.89. The SMILES string of the molecule is C.C.C.C.C.C.COC1CCCC(COC(=O)C(C)(C)CC2C(=O)OC(=O)C2C2C(C)C3CC(C(=O)O)C2C3)O1. The molecule has 9 nitrogen and oxygen atoms in total. The number of carboxylic acids is 1. The molecule has 2 aliphatic heterocycles. The Morgan fingerprint density at radius 1 is 1.00 bits per heavy atom. The van der Waals surface area contributed by atoms with Crippen molar-refractivity contribution in [1.29, 1.82) is 0 Å². The molecule has 9 heteroatoms. The van der Waals surface area contributed by atoms with Crippen LogP contribution in [0.25, 0.3) is 0 Å². The first kappa shape index (κ1) is 42.5. The minimum atomic E-state index is -1.03. The predicted octanol–water partition coefficient (Wildman–Crippen LogP) is 6.61. The molecule has 9 unspecified atom stereocenters. The van der Waals surface area contributed by atoms with Crippen LogP contribution < -0.4 is 0 Å². The molecule has 2 heterocycles. The van der Waals surface area contributed by atoms with Gasteiger partial charge >= 0.3 is 23.9 Å². The van der Waals surface area contributed by atoms with Crippen LogP contribution in [0.15, 0.2) is 0 Å². The number of carboxylic acid groups (broad SMARTS) is 1. The Labute approximate surface area is 244 Å². The van der Waals surface area contributed by atoms with Crippen molar-refractivity contribution in [1.82, 2.24) is 0 Å². The zero-order chi connectivity index (χ0) is 24.8. The molecule has 0 aromatic carbocycles. The Morgan fingerprint density at radius 2 is 1.62 bits per heavy atom. The fourth-order valence-electron chi connectivity index (χ4n) is 6.89. The van der Waals surface area contributed by atoms with Gasteiger partial charge in [-0.3, -0.25) is 19.2 Å². The molecule has 9 atom stereocenters. The van der Waals surface area contributed by atoms with Gasteiger partial charge in [0.25, 0.3) is 0 Å². The van der Waals surface area contributed by atoms with Crippen LogP contribution in [-0.2, 0) is 38.1 Å². The molecular formula is C31H60O9. The summed E-state index contributed by atoms with van der Waals surface area (Å²) >= 11 is 0. The lowest BCUT2D eigenvalue weighted by molar-refractivity contribution is -0.197. The minimum Gasteiger partial charge on any atom is -0.481 e. The lowest BCUT2D eigenvalue weighted by Gasteiger charge is -2.37. The first-order valence-electron chi connectivity index (χ1n) is 12.4. The summed E-state index contributed by atoms with van der Waals surface area (Å²) < 4.78 is 21.6. The van der Waals surface area contributed by atoms with Gasteiger partial charge in [0.15, 0.2) is 6.29 Å². The van der Waals surface area contributed by atoms with Crippen LogP contribution in [0.5, 0.6) is 0 Å². The van der Waals surface area contributed by atoms with E-state index in [9.17, 15) is 24.3 Å². The van der Waals surface area contributed by atoms with Crippen LogP contribution in [0.3, 0.4) is 0 Å². The standard InChI is InChI=1S/C25H36O9.6CH4/c1-12-13-8-15(16(9-13)21(26)27)19(12)20-17(22(28)34-23(20)29)10-25(2,3)24(30)32-11-14-6-5-7-18(31-4)33-14;;;;;;/h12-20H,5-11H2,1-4H3,(H,26,27);6*1H4. The maximum Gasteiger partial charge on any atom is 0.317 e. The van der Waals surface area contributed by atoms with Crippen molar-refractivity contribution in [3.63, 3.8) is 0 Å². The molecule has 1 N–H and O–H groups in total. The minimum absolute atomic E-state index is 0. The third-order valence-corrected chi connectivity index (χ3v) is 8.69. The summed E-state index contributed by atoms with van der Waals surface area (Å²) in [4.78, 5) is 50.3. The smallest absolute Gasteiger partial charge is 0.317 e. The van der Waals surface area contributed by atoms with Gasteiger partial charge < -0.3 is 24.1 Å². The van der Waals surface area contributed by atoms with Gasteiger partial charge in [-0.05, 0) is 76.0 Å². The van der Waals surface area contributed by atoms with Gasteiger partial charge in [-0.2, -0.15) is 0 Å². The third-order valence-electron chi connectivity index (χ3n) is 8.69. The molecule has 4 aliphatic rings. The molecule has 0 aromatic heterocycles. The Kier molecular flexibility index (Phi) is 17.5. The Balaban J connectivity index is -0.00000228. The average Bonchev–Trinajstić information content (AvgIpc) is 3.43. The number of carbonyl (C=O) groups is 4. The Hall–Kier alpha value is -2.00. The van der Waals surface area contributed by atoms with E-state index < -0.39 is 47.0 Å². The lowest BCUT2D eigenvalue weighted by atomic mass is 9.64. The van der Waals surface area contributed by atoms with Gasteiger partial charge in [0, 0.05) is 7.11 Å². The number of fused-ring (bicyclic) bond motifs is 2. The second-order valence-electron chi connectivity index (χ2n) is 11.2. The molecule has 2 aliphatic carbocycles. The van der Waals surface area contributed by atoms with E-state index in [-0.39, 0.29) is 93.7 Å². The van der Waals surface area contributed by atoms with Gasteiger partial charge in [-0.15, -0.1) is 0 Å². The Morgan fingerprint density at radius 3 is 2.17 bits per heavy atom. The summed E-state index contributed by atoms with van der Waals surface area (Å²) in [6.45, 7) is 5.54. The largest absolute Gasteiger partial charge is 0.481 e. The number of methoxy groups -OCH3 is 1. The highest BCUT2D eigenvalue weighted by Crippen LogP contribution is 2.60. The first-order chi connectivity index (χ1) is 16.0. The molecule has 0 amide bonds. The summed E-state index contributed by atoms with van der Waals surface area (Å²) in [6, 6.07) is 0. The van der Waals surface area contributed by atoms with Crippen molar-refractivity contribution in [3.05, 3.63) is 0 Å². The lowest BCUT2D eigenvalue weighted by Crippen LogP contribution is -2.42. The number of aliphatic carboxylic acids is 1. The number of ether oxygens (including phenoxy) is 4. The predicted molar refractivity (Wildman–Crippen MR) is 157 cm³/mol. The van der Waals surface area contributed by atoms with Gasteiger partial charge in [0.05, 0.1) is 29.3 Å². The monoisotopic (exact) mass is 576 g/mol. The van der Waals surface area contributed by atoms with Crippen molar-refractivity contribution in [2.75, 3.05) is 13.7 Å². The molecule has 0 radical (unpaired) electrons. The highest BCUT2D eigenvalue weighted by molar-refractivity contribution is 5.97. The maximum absolute atomic E-state index is 13.0. The first-order valence-corrected chi connectivity index (χ1v) is 12.4. The fraction of sp³-hybridized carbons (Fsp3) is 0.871. The van der Waals surface area contributed by atoms with Gasteiger partial charge in [0.1, 0.15) is 6.61 Å². The number of carbonyl (C=O) groups excluding carboxylic acids is 3. The summed E-state index contributed by atoms with van der Waals surface area (Å²) in [5, 5.41) is 9.66. The molecule has 4 fully saturated rings. The van der Waals surface area contributed by atoms with Crippen molar-refractivity contribution in [2.24, 2.45) is 46.8 Å². The second-order valence-corrected chi connectivity index (χ2v) is 11.2. The number of cyclic esters (lactones) is 2. The summed E-state index contributed by atoms with van der Waals surface area (Å²) in [5.74, 6) is -4.59.